The van der Waals surface area contributed by atoms with E-state index in [1.165, 1.54) is 18.1 Å². The summed E-state index contributed by atoms with van der Waals surface area (Å²) in [6, 6.07) is 15.7. The lowest BCUT2D eigenvalue weighted by Gasteiger charge is -2.34. The zero-order valence-electron chi connectivity index (χ0n) is 16.5. The standard InChI is InChI=1S/C23H25N3O3/c1-29-23(28)21-12-16-6-2-3-7-18(16)14-26(21)15-22(27)24-11-10-17-13-25-20-9-5-4-8-19(17)20/h2-9,13,21,25H,10-12,14-15H2,1H3,(H,24,27)/t21-/m1/s1. The van der Waals surface area contributed by atoms with Crippen molar-refractivity contribution in [1.82, 2.24) is 15.2 Å². The second kappa shape index (κ2) is 8.49. The molecule has 1 aromatic heterocycles. The van der Waals surface area contributed by atoms with Crippen molar-refractivity contribution in [2.24, 2.45) is 0 Å². The number of amides is 1. The van der Waals surface area contributed by atoms with Crippen LogP contribution in [0.1, 0.15) is 16.7 Å². The molecule has 150 valence electrons. The summed E-state index contributed by atoms with van der Waals surface area (Å²) in [5.74, 6) is -0.385. The van der Waals surface area contributed by atoms with E-state index < -0.39 is 6.04 Å². The van der Waals surface area contributed by atoms with Crippen LogP contribution in [-0.4, -0.2) is 48.0 Å². The van der Waals surface area contributed by atoms with Crippen LogP contribution in [0.2, 0.25) is 0 Å². The Balaban J connectivity index is 1.37. The van der Waals surface area contributed by atoms with Crippen LogP contribution in [0.15, 0.2) is 54.7 Å². The summed E-state index contributed by atoms with van der Waals surface area (Å²) in [5, 5.41) is 4.17. The highest BCUT2D eigenvalue weighted by atomic mass is 16.5. The number of fused-ring (bicyclic) bond motifs is 2. The van der Waals surface area contributed by atoms with Crippen molar-refractivity contribution < 1.29 is 14.3 Å². The lowest BCUT2D eigenvalue weighted by molar-refractivity contribution is -0.148. The number of rotatable bonds is 6. The Morgan fingerprint density at radius 1 is 1.14 bits per heavy atom. The molecule has 1 amide bonds. The number of benzene rings is 2. The van der Waals surface area contributed by atoms with E-state index in [1.54, 1.807) is 0 Å². The summed E-state index contributed by atoms with van der Waals surface area (Å²) in [7, 11) is 1.39. The molecule has 4 rings (SSSR count). The number of aromatic nitrogens is 1. The van der Waals surface area contributed by atoms with Gasteiger partial charge in [-0.1, -0.05) is 42.5 Å². The Hall–Kier alpha value is -3.12. The number of carbonyl (C=O) groups excluding carboxylic acids is 2. The van der Waals surface area contributed by atoms with E-state index in [-0.39, 0.29) is 18.4 Å². The minimum atomic E-state index is -0.436. The summed E-state index contributed by atoms with van der Waals surface area (Å²) in [6.45, 7) is 1.28. The third-order valence-corrected chi connectivity index (χ3v) is 5.56. The Morgan fingerprint density at radius 2 is 1.90 bits per heavy atom. The lowest BCUT2D eigenvalue weighted by Crippen LogP contribution is -2.50. The van der Waals surface area contributed by atoms with Crippen molar-refractivity contribution in [2.45, 2.75) is 25.4 Å². The first-order valence-corrected chi connectivity index (χ1v) is 9.86. The van der Waals surface area contributed by atoms with E-state index in [2.05, 4.69) is 16.4 Å². The number of esters is 1. The van der Waals surface area contributed by atoms with Crippen LogP contribution in [0.5, 0.6) is 0 Å². The molecule has 0 aliphatic carbocycles. The molecule has 6 heteroatoms. The first kappa shape index (κ1) is 19.2. The fourth-order valence-electron chi connectivity index (χ4n) is 4.03. The second-order valence-electron chi connectivity index (χ2n) is 7.38. The van der Waals surface area contributed by atoms with Gasteiger partial charge in [-0.05, 0) is 35.6 Å². The quantitative estimate of drug-likeness (QED) is 0.633. The normalized spacial score (nSPS) is 16.4. The Kier molecular flexibility index (Phi) is 5.62. The van der Waals surface area contributed by atoms with E-state index in [0.717, 1.165) is 23.1 Å². The van der Waals surface area contributed by atoms with E-state index >= 15 is 0 Å². The van der Waals surface area contributed by atoms with Gasteiger partial charge in [-0.25, -0.2) is 0 Å². The molecule has 3 aromatic rings. The van der Waals surface area contributed by atoms with Gasteiger partial charge in [-0.15, -0.1) is 0 Å². The number of ether oxygens (including phenoxy) is 1. The number of H-pyrrole nitrogens is 1. The van der Waals surface area contributed by atoms with E-state index in [4.69, 9.17) is 4.74 Å². The third kappa shape index (κ3) is 4.17. The van der Waals surface area contributed by atoms with Crippen LogP contribution in [0.4, 0.5) is 0 Å². The van der Waals surface area contributed by atoms with Crippen molar-refractivity contribution in [3.05, 3.63) is 71.4 Å². The summed E-state index contributed by atoms with van der Waals surface area (Å²) in [5.41, 5.74) is 4.57. The highest BCUT2D eigenvalue weighted by Gasteiger charge is 2.33. The van der Waals surface area contributed by atoms with Gasteiger partial charge >= 0.3 is 5.97 Å². The SMILES string of the molecule is COC(=O)[C@H]1Cc2ccccc2CN1CC(=O)NCCc1c[nH]c2ccccc12. The van der Waals surface area contributed by atoms with Crippen molar-refractivity contribution in [3.8, 4) is 0 Å². The molecule has 0 saturated carbocycles. The number of methoxy groups -OCH3 is 1. The van der Waals surface area contributed by atoms with Crippen molar-refractivity contribution in [1.29, 1.82) is 0 Å². The molecular formula is C23H25N3O3. The van der Waals surface area contributed by atoms with E-state index in [9.17, 15) is 9.59 Å². The van der Waals surface area contributed by atoms with Crippen LogP contribution < -0.4 is 5.32 Å². The van der Waals surface area contributed by atoms with Gasteiger partial charge in [0, 0.05) is 30.2 Å². The number of carbonyl (C=O) groups is 2. The molecule has 0 saturated heterocycles. The molecule has 6 nitrogen and oxygen atoms in total. The average Bonchev–Trinajstić information content (AvgIpc) is 3.16. The summed E-state index contributed by atoms with van der Waals surface area (Å²) < 4.78 is 4.97. The Morgan fingerprint density at radius 3 is 2.72 bits per heavy atom. The smallest absolute Gasteiger partial charge is 0.323 e. The van der Waals surface area contributed by atoms with Crippen LogP contribution in [0, 0.1) is 0 Å². The minimum Gasteiger partial charge on any atom is -0.468 e. The van der Waals surface area contributed by atoms with Crippen LogP contribution in [-0.2, 0) is 33.7 Å². The maximum absolute atomic E-state index is 12.6. The number of hydrogen-bond donors (Lipinski definition) is 2. The van der Waals surface area contributed by atoms with Crippen LogP contribution >= 0.6 is 0 Å². The molecule has 0 bridgehead atoms. The highest BCUT2D eigenvalue weighted by Crippen LogP contribution is 2.23. The second-order valence-corrected chi connectivity index (χ2v) is 7.38. The number of nitrogens with zero attached hydrogens (tertiary/aromatic N) is 1. The van der Waals surface area contributed by atoms with E-state index in [0.29, 0.717) is 19.5 Å². The monoisotopic (exact) mass is 391 g/mol. The maximum Gasteiger partial charge on any atom is 0.323 e. The molecule has 0 spiro atoms. The fraction of sp³-hybridized carbons (Fsp3) is 0.304. The predicted octanol–water partition coefficient (Wildman–Crippen LogP) is 2.43. The Labute approximate surface area is 169 Å². The van der Waals surface area contributed by atoms with Gasteiger partial charge in [0.05, 0.1) is 13.7 Å². The van der Waals surface area contributed by atoms with Gasteiger partial charge in [-0.3, -0.25) is 14.5 Å². The summed E-state index contributed by atoms with van der Waals surface area (Å²) in [4.78, 5) is 30.0. The molecule has 2 aromatic carbocycles. The maximum atomic E-state index is 12.6. The number of hydrogen-bond acceptors (Lipinski definition) is 4. The molecule has 0 radical (unpaired) electrons. The first-order valence-electron chi connectivity index (χ1n) is 9.86. The average molecular weight is 391 g/mol. The van der Waals surface area contributed by atoms with E-state index in [1.807, 2.05) is 53.6 Å². The molecule has 29 heavy (non-hydrogen) atoms. The molecule has 1 atom stereocenters. The zero-order valence-corrected chi connectivity index (χ0v) is 16.5. The fourth-order valence-corrected chi connectivity index (χ4v) is 4.03. The van der Waals surface area contributed by atoms with Crippen LogP contribution in [0.25, 0.3) is 10.9 Å². The van der Waals surface area contributed by atoms with Crippen molar-refractivity contribution >= 4 is 22.8 Å². The van der Waals surface area contributed by atoms with Gasteiger partial charge in [-0.2, -0.15) is 0 Å². The zero-order chi connectivity index (χ0) is 20.2. The molecule has 0 fully saturated rings. The largest absolute Gasteiger partial charge is 0.468 e. The lowest BCUT2D eigenvalue weighted by atomic mass is 9.94. The molecule has 0 unspecified atom stereocenters. The van der Waals surface area contributed by atoms with Crippen molar-refractivity contribution in [2.75, 3.05) is 20.2 Å². The predicted molar refractivity (Wildman–Crippen MR) is 111 cm³/mol. The number of para-hydroxylation sites is 1. The molecule has 2 heterocycles. The topological polar surface area (TPSA) is 74.4 Å². The third-order valence-electron chi connectivity index (χ3n) is 5.56. The summed E-state index contributed by atoms with van der Waals surface area (Å²) >= 11 is 0. The first-order chi connectivity index (χ1) is 14.2. The Bertz CT molecular complexity index is 1030. The van der Waals surface area contributed by atoms with Gasteiger partial charge in [0.25, 0.3) is 0 Å². The molecule has 1 aliphatic heterocycles. The van der Waals surface area contributed by atoms with Gasteiger partial charge in [0.15, 0.2) is 0 Å². The van der Waals surface area contributed by atoms with Gasteiger partial charge < -0.3 is 15.0 Å². The number of aromatic amines is 1. The van der Waals surface area contributed by atoms with Crippen molar-refractivity contribution in [3.63, 3.8) is 0 Å². The van der Waals surface area contributed by atoms with Gasteiger partial charge in [0.1, 0.15) is 6.04 Å². The minimum absolute atomic E-state index is 0.0851. The molecular weight excluding hydrogens is 366 g/mol. The van der Waals surface area contributed by atoms with Crippen LogP contribution in [0.3, 0.4) is 0 Å². The molecule has 1 aliphatic rings. The number of nitrogens with one attached hydrogen (secondary N) is 2. The highest BCUT2D eigenvalue weighted by molar-refractivity contribution is 5.83. The van der Waals surface area contributed by atoms with Gasteiger partial charge in [0.2, 0.25) is 5.91 Å². The molecule has 2 N–H and O–H groups in total. The summed E-state index contributed by atoms with van der Waals surface area (Å²) in [6.07, 6.45) is 3.30.